The molecule has 1 amide bonds. The van der Waals surface area contributed by atoms with Gasteiger partial charge in [0.1, 0.15) is 30.6 Å². The van der Waals surface area contributed by atoms with Crippen molar-refractivity contribution in [3.63, 3.8) is 0 Å². The Bertz CT molecular complexity index is 1310. The normalized spacial score (nSPS) is 11.1. The number of para-hydroxylation sites is 1. The van der Waals surface area contributed by atoms with Gasteiger partial charge in [-0.3, -0.25) is 4.79 Å². The Hall–Kier alpha value is -3.50. The molecule has 0 aliphatic carbocycles. The summed E-state index contributed by atoms with van der Waals surface area (Å²) in [4.78, 5) is 12.6. The second-order valence-corrected chi connectivity index (χ2v) is 9.12. The van der Waals surface area contributed by atoms with Gasteiger partial charge in [-0.2, -0.15) is 5.26 Å². The number of carbonyl (C=O) groups excluding carboxylic acids is 1. The predicted molar refractivity (Wildman–Crippen MR) is 148 cm³/mol. The van der Waals surface area contributed by atoms with E-state index >= 15 is 0 Å². The summed E-state index contributed by atoms with van der Waals surface area (Å²) in [5.41, 5.74) is 4.33. The van der Waals surface area contributed by atoms with Crippen LogP contribution in [-0.4, -0.2) is 32.3 Å². The van der Waals surface area contributed by atoms with Crippen LogP contribution < -0.4 is 14.8 Å². The average molecular weight is 539 g/mol. The van der Waals surface area contributed by atoms with E-state index in [1.165, 1.54) is 17.2 Å². The van der Waals surface area contributed by atoms with Gasteiger partial charge in [0.2, 0.25) is 0 Å². The number of hydrogen-bond acceptors (Lipinski definition) is 5. The third-order valence-corrected chi connectivity index (χ3v) is 6.10. The van der Waals surface area contributed by atoms with Gasteiger partial charge in [-0.25, -0.2) is 0 Å². The second kappa shape index (κ2) is 13.7. The maximum absolute atomic E-state index is 12.6. The number of benzene rings is 3. The lowest BCUT2D eigenvalue weighted by Gasteiger charge is -2.12. The van der Waals surface area contributed by atoms with Gasteiger partial charge in [0.25, 0.3) is 5.91 Å². The molecule has 0 saturated heterocycles. The summed E-state index contributed by atoms with van der Waals surface area (Å²) < 4.78 is 16.9. The Labute approximate surface area is 227 Å². The fourth-order valence-corrected chi connectivity index (χ4v) is 3.96. The van der Waals surface area contributed by atoms with Gasteiger partial charge in [-0.05, 0) is 79.4 Å². The zero-order chi connectivity index (χ0) is 26.8. The fraction of sp³-hybridized carbons (Fsp3) is 0.241. The van der Waals surface area contributed by atoms with Crippen molar-refractivity contribution in [2.45, 2.75) is 20.8 Å². The van der Waals surface area contributed by atoms with Crippen molar-refractivity contribution in [3.8, 4) is 17.6 Å². The van der Waals surface area contributed by atoms with E-state index in [0.717, 1.165) is 11.3 Å². The standard InChI is InChI=1S/C29H28Cl2N2O4/c1-19-8-9-24(14-21(19)3)36-12-10-35-11-13-37-28-25(30)16-22(17-26(28)31)15-23(18-32)29(34)33-27-7-5-4-6-20(27)2/h4-9,14-17H,10-13H2,1-3H3,(H,33,34)/b23-15+. The number of carbonyl (C=O) groups is 1. The number of halogens is 2. The lowest BCUT2D eigenvalue weighted by Crippen LogP contribution is -2.14. The lowest BCUT2D eigenvalue weighted by atomic mass is 10.1. The minimum absolute atomic E-state index is 0.0829. The molecule has 1 N–H and O–H groups in total. The number of ether oxygens (including phenoxy) is 3. The van der Waals surface area contributed by atoms with Crippen LogP contribution in [0.5, 0.6) is 11.5 Å². The van der Waals surface area contributed by atoms with Crippen LogP contribution >= 0.6 is 23.2 Å². The summed E-state index contributed by atoms with van der Waals surface area (Å²) in [6.07, 6.45) is 1.42. The Morgan fingerprint density at radius 2 is 1.57 bits per heavy atom. The van der Waals surface area contributed by atoms with Gasteiger partial charge in [-0.15, -0.1) is 0 Å². The number of aryl methyl sites for hydroxylation is 3. The molecule has 0 radical (unpaired) electrons. The molecule has 0 aliphatic heterocycles. The highest BCUT2D eigenvalue weighted by atomic mass is 35.5. The molecular weight excluding hydrogens is 511 g/mol. The molecule has 8 heteroatoms. The van der Waals surface area contributed by atoms with E-state index in [4.69, 9.17) is 37.4 Å². The Balaban J connectivity index is 1.50. The summed E-state index contributed by atoms with van der Waals surface area (Å²) in [6, 6.07) is 18.4. The zero-order valence-electron chi connectivity index (χ0n) is 20.9. The minimum Gasteiger partial charge on any atom is -0.491 e. The molecule has 3 rings (SSSR count). The highest BCUT2D eigenvalue weighted by Gasteiger charge is 2.14. The summed E-state index contributed by atoms with van der Waals surface area (Å²) >= 11 is 12.7. The van der Waals surface area contributed by atoms with Crippen molar-refractivity contribution < 1.29 is 19.0 Å². The molecule has 192 valence electrons. The van der Waals surface area contributed by atoms with Crippen molar-refractivity contribution >= 4 is 40.9 Å². The first-order chi connectivity index (χ1) is 17.8. The highest BCUT2D eigenvalue weighted by molar-refractivity contribution is 6.37. The van der Waals surface area contributed by atoms with Crippen molar-refractivity contribution in [2.75, 3.05) is 31.7 Å². The predicted octanol–water partition coefficient (Wildman–Crippen LogP) is 6.94. The molecule has 0 saturated carbocycles. The van der Waals surface area contributed by atoms with Crippen LogP contribution in [0.3, 0.4) is 0 Å². The number of anilines is 1. The smallest absolute Gasteiger partial charge is 0.266 e. The van der Waals surface area contributed by atoms with Gasteiger partial charge in [0, 0.05) is 5.69 Å². The number of rotatable bonds is 11. The highest BCUT2D eigenvalue weighted by Crippen LogP contribution is 2.35. The van der Waals surface area contributed by atoms with Crippen LogP contribution in [-0.2, 0) is 9.53 Å². The maximum Gasteiger partial charge on any atom is 0.266 e. The largest absolute Gasteiger partial charge is 0.491 e. The summed E-state index contributed by atoms with van der Waals surface area (Å²) in [6.45, 7) is 7.35. The molecule has 0 aliphatic rings. The number of amides is 1. The maximum atomic E-state index is 12.6. The van der Waals surface area contributed by atoms with Crippen LogP contribution in [0.1, 0.15) is 22.3 Å². The summed E-state index contributed by atoms with van der Waals surface area (Å²) in [7, 11) is 0. The van der Waals surface area contributed by atoms with E-state index in [1.807, 2.05) is 56.3 Å². The minimum atomic E-state index is -0.525. The van der Waals surface area contributed by atoms with E-state index in [1.54, 1.807) is 18.2 Å². The van der Waals surface area contributed by atoms with Crippen molar-refractivity contribution in [1.29, 1.82) is 5.26 Å². The molecule has 0 unspecified atom stereocenters. The Morgan fingerprint density at radius 3 is 2.22 bits per heavy atom. The van der Waals surface area contributed by atoms with E-state index in [0.29, 0.717) is 36.8 Å². The molecule has 6 nitrogen and oxygen atoms in total. The number of nitrogens with zero attached hydrogens (tertiary/aromatic N) is 1. The average Bonchev–Trinajstić information content (AvgIpc) is 2.86. The van der Waals surface area contributed by atoms with Crippen LogP contribution in [0.15, 0.2) is 60.2 Å². The Morgan fingerprint density at radius 1 is 0.892 bits per heavy atom. The number of nitrogens with one attached hydrogen (secondary N) is 1. The molecule has 3 aromatic carbocycles. The van der Waals surface area contributed by atoms with Crippen LogP contribution in [0.25, 0.3) is 6.08 Å². The number of nitriles is 1. The molecule has 0 aromatic heterocycles. The van der Waals surface area contributed by atoms with E-state index < -0.39 is 5.91 Å². The molecule has 0 fully saturated rings. The van der Waals surface area contributed by atoms with Crippen LogP contribution in [0.2, 0.25) is 10.0 Å². The quantitative estimate of drug-likeness (QED) is 0.162. The molecule has 0 spiro atoms. The first-order valence-electron chi connectivity index (χ1n) is 11.7. The van der Waals surface area contributed by atoms with Gasteiger partial charge in [-0.1, -0.05) is 47.5 Å². The van der Waals surface area contributed by atoms with Crippen LogP contribution in [0.4, 0.5) is 5.69 Å². The first-order valence-corrected chi connectivity index (χ1v) is 12.4. The van der Waals surface area contributed by atoms with E-state index in [-0.39, 0.29) is 22.2 Å². The molecule has 3 aromatic rings. The summed E-state index contributed by atoms with van der Waals surface area (Å²) in [5, 5.41) is 12.8. The molecule has 37 heavy (non-hydrogen) atoms. The molecular formula is C29H28Cl2N2O4. The molecule has 0 heterocycles. The van der Waals surface area contributed by atoms with E-state index in [2.05, 4.69) is 12.2 Å². The SMILES string of the molecule is Cc1ccc(OCCOCCOc2c(Cl)cc(/C=C(\C#N)C(=O)Nc3ccccc3C)cc2Cl)cc1C. The third-order valence-electron chi connectivity index (χ3n) is 5.54. The molecule has 0 atom stereocenters. The number of hydrogen-bond donors (Lipinski definition) is 1. The monoisotopic (exact) mass is 538 g/mol. The van der Waals surface area contributed by atoms with Gasteiger partial charge in [0.15, 0.2) is 5.75 Å². The van der Waals surface area contributed by atoms with Gasteiger partial charge in [0.05, 0.1) is 23.3 Å². The topological polar surface area (TPSA) is 80.6 Å². The van der Waals surface area contributed by atoms with Gasteiger partial charge >= 0.3 is 0 Å². The van der Waals surface area contributed by atoms with Crippen molar-refractivity contribution in [3.05, 3.63) is 92.5 Å². The second-order valence-electron chi connectivity index (χ2n) is 8.31. The lowest BCUT2D eigenvalue weighted by molar-refractivity contribution is -0.112. The zero-order valence-corrected chi connectivity index (χ0v) is 22.4. The third kappa shape index (κ3) is 8.26. The molecule has 0 bridgehead atoms. The van der Waals surface area contributed by atoms with Gasteiger partial charge < -0.3 is 19.5 Å². The first kappa shape index (κ1) is 28.1. The van der Waals surface area contributed by atoms with Crippen LogP contribution in [0, 0.1) is 32.1 Å². The fourth-order valence-electron chi connectivity index (χ4n) is 3.35. The Kier molecular flexibility index (Phi) is 10.4. The van der Waals surface area contributed by atoms with Crippen molar-refractivity contribution in [1.82, 2.24) is 0 Å². The van der Waals surface area contributed by atoms with E-state index in [9.17, 15) is 10.1 Å². The van der Waals surface area contributed by atoms with Crippen molar-refractivity contribution in [2.24, 2.45) is 0 Å². The summed E-state index contributed by atoms with van der Waals surface area (Å²) in [5.74, 6) is 0.587.